The van der Waals surface area contributed by atoms with Gasteiger partial charge in [0.1, 0.15) is 21.5 Å². The average molecular weight is 579 g/mol. The van der Waals surface area contributed by atoms with E-state index in [1.165, 1.54) is 11.8 Å². The van der Waals surface area contributed by atoms with Crippen LogP contribution in [0.2, 0.25) is 5.15 Å². The van der Waals surface area contributed by atoms with Gasteiger partial charge in [-0.2, -0.15) is 0 Å². The molecule has 3 rings (SSSR count). The first-order valence-corrected chi connectivity index (χ1v) is 13.3. The largest absolute Gasteiger partial charge is 0.444 e. The van der Waals surface area contributed by atoms with Crippen LogP contribution in [0.1, 0.15) is 48.5 Å². The molecule has 2 aromatic heterocycles. The van der Waals surface area contributed by atoms with Gasteiger partial charge in [0, 0.05) is 26.2 Å². The van der Waals surface area contributed by atoms with Crippen molar-refractivity contribution in [1.29, 1.82) is 0 Å². The van der Waals surface area contributed by atoms with Gasteiger partial charge in [0.25, 0.3) is 0 Å². The molecule has 0 radical (unpaired) electrons. The predicted molar refractivity (Wildman–Crippen MR) is 144 cm³/mol. The van der Waals surface area contributed by atoms with Crippen molar-refractivity contribution in [2.45, 2.75) is 59.2 Å². The second-order valence-electron chi connectivity index (χ2n) is 7.86. The Morgan fingerprint density at radius 3 is 2.29 bits per heavy atom. The lowest BCUT2D eigenvalue weighted by molar-refractivity contribution is 0.0240. The fraction of sp³-hybridized carbons (Fsp3) is 0.565. The number of fused-ring (bicyclic) bond motifs is 1. The minimum atomic E-state index is -0.668. The summed E-state index contributed by atoms with van der Waals surface area (Å²) in [7, 11) is 0. The molecule has 0 N–H and O–H groups in total. The molecule has 0 bridgehead atoms. The normalized spacial score (nSPS) is 13.5. The zero-order valence-electron chi connectivity index (χ0n) is 20.9. The molecule has 1 saturated heterocycles. The number of allylic oxidation sites excluding steroid dienone is 1. The number of ether oxygens (including phenoxy) is 1. The number of pyridine rings is 1. The molecule has 0 aromatic carbocycles. The Balaban J connectivity index is 0.00000107. The van der Waals surface area contributed by atoms with E-state index in [0.717, 1.165) is 5.75 Å². The summed E-state index contributed by atoms with van der Waals surface area (Å²) in [5.74, 6) is 0.655. The average Bonchev–Trinajstić information content (AvgIpc) is 2.78. The number of aromatic nitrogens is 3. The summed E-state index contributed by atoms with van der Waals surface area (Å²) in [5, 5.41) is 0.701. The SMILES string of the molecule is C=CC.CC.CCSc1nc(N2CCN(C(=O)OC(C)(C)C)CC2)c2c(Br)nc(Cl)c(F)c2n1. The summed E-state index contributed by atoms with van der Waals surface area (Å²) in [6.45, 7) is 18.7. The van der Waals surface area contributed by atoms with Crippen molar-refractivity contribution in [1.82, 2.24) is 19.9 Å². The summed E-state index contributed by atoms with van der Waals surface area (Å²) in [4.78, 5) is 29.0. The van der Waals surface area contributed by atoms with Gasteiger partial charge in [-0.1, -0.05) is 50.2 Å². The van der Waals surface area contributed by atoms with Crippen LogP contribution in [0.5, 0.6) is 0 Å². The van der Waals surface area contributed by atoms with Crippen LogP contribution in [0.25, 0.3) is 10.9 Å². The molecule has 1 fully saturated rings. The molecule has 190 valence electrons. The number of nitrogens with zero attached hydrogens (tertiary/aromatic N) is 5. The molecule has 0 saturated carbocycles. The van der Waals surface area contributed by atoms with Crippen LogP contribution in [0.15, 0.2) is 22.4 Å². The number of thioether (sulfide) groups is 1. The summed E-state index contributed by atoms with van der Waals surface area (Å²) in [6, 6.07) is 0. The lowest BCUT2D eigenvalue weighted by Crippen LogP contribution is -2.50. The number of carbonyl (C=O) groups excluding carboxylic acids is 1. The van der Waals surface area contributed by atoms with E-state index < -0.39 is 11.4 Å². The Hall–Kier alpha value is -1.65. The van der Waals surface area contributed by atoms with Crippen LogP contribution in [0.3, 0.4) is 0 Å². The highest BCUT2D eigenvalue weighted by Crippen LogP contribution is 2.35. The first-order valence-electron chi connectivity index (χ1n) is 11.2. The molecule has 2 aromatic rings. The maximum atomic E-state index is 14.7. The number of carbonyl (C=O) groups is 1. The van der Waals surface area contributed by atoms with E-state index >= 15 is 0 Å². The number of rotatable bonds is 3. The van der Waals surface area contributed by atoms with Gasteiger partial charge in [0.2, 0.25) is 0 Å². The lowest BCUT2D eigenvalue weighted by atomic mass is 10.2. The summed E-state index contributed by atoms with van der Waals surface area (Å²) < 4.78 is 20.5. The number of hydrogen-bond acceptors (Lipinski definition) is 7. The minimum Gasteiger partial charge on any atom is -0.444 e. The van der Waals surface area contributed by atoms with E-state index in [9.17, 15) is 9.18 Å². The van der Waals surface area contributed by atoms with Gasteiger partial charge in [0.15, 0.2) is 16.1 Å². The Morgan fingerprint density at radius 2 is 1.79 bits per heavy atom. The summed E-state index contributed by atoms with van der Waals surface area (Å²) >= 11 is 10.7. The van der Waals surface area contributed by atoms with Gasteiger partial charge >= 0.3 is 6.09 Å². The molecule has 7 nitrogen and oxygen atoms in total. The number of amides is 1. The Bertz CT molecular complexity index is 982. The Labute approximate surface area is 219 Å². The van der Waals surface area contributed by atoms with Gasteiger partial charge in [-0.05, 0) is 49.4 Å². The minimum absolute atomic E-state index is 0.132. The number of anilines is 1. The monoisotopic (exact) mass is 577 g/mol. The third kappa shape index (κ3) is 8.23. The van der Waals surface area contributed by atoms with Crippen LogP contribution in [-0.2, 0) is 4.74 Å². The second-order valence-corrected chi connectivity index (χ2v) is 10.2. The van der Waals surface area contributed by atoms with Crippen molar-refractivity contribution in [3.05, 3.63) is 28.2 Å². The molecule has 11 heteroatoms. The highest BCUT2D eigenvalue weighted by molar-refractivity contribution is 9.10. The lowest BCUT2D eigenvalue weighted by Gasteiger charge is -2.36. The highest BCUT2D eigenvalue weighted by Gasteiger charge is 2.29. The number of halogens is 3. The Kier molecular flexibility index (Phi) is 12.5. The fourth-order valence-electron chi connectivity index (χ4n) is 2.92. The van der Waals surface area contributed by atoms with Gasteiger partial charge in [-0.25, -0.2) is 24.1 Å². The van der Waals surface area contributed by atoms with Crippen molar-refractivity contribution < 1.29 is 13.9 Å². The standard InChI is InChI=1S/C18H22BrClFN5O2S.C3H6.C2H6/c1-5-29-16-22-12-10(13(19)23-14(20)11(12)21)15(24-16)25-6-8-26(9-7-25)17(27)28-18(2,3)4;1-3-2;1-2/h5-9H2,1-4H3;3H,1H2,2H3;1-2H3. The highest BCUT2D eigenvalue weighted by atomic mass is 79.9. The molecule has 1 aliphatic heterocycles. The zero-order chi connectivity index (χ0) is 26.1. The molecule has 3 heterocycles. The molecular weight excluding hydrogens is 545 g/mol. The molecule has 0 unspecified atom stereocenters. The maximum Gasteiger partial charge on any atom is 0.410 e. The third-order valence-electron chi connectivity index (χ3n) is 4.17. The Morgan fingerprint density at radius 1 is 1.24 bits per heavy atom. The maximum absolute atomic E-state index is 14.7. The fourth-order valence-corrected chi connectivity index (χ4v) is 4.30. The van der Waals surface area contributed by atoms with Gasteiger partial charge in [0.05, 0.1) is 5.39 Å². The smallest absolute Gasteiger partial charge is 0.410 e. The van der Waals surface area contributed by atoms with Crippen LogP contribution in [0.4, 0.5) is 15.0 Å². The summed E-state index contributed by atoms with van der Waals surface area (Å²) in [5.41, 5.74) is -0.413. The molecule has 0 spiro atoms. The van der Waals surface area contributed by atoms with Crippen molar-refractivity contribution in [3.8, 4) is 0 Å². The van der Waals surface area contributed by atoms with E-state index in [0.29, 0.717) is 47.1 Å². The topological polar surface area (TPSA) is 71.5 Å². The van der Waals surface area contributed by atoms with E-state index in [2.05, 4.69) is 37.5 Å². The van der Waals surface area contributed by atoms with Crippen molar-refractivity contribution in [3.63, 3.8) is 0 Å². The summed E-state index contributed by atoms with van der Waals surface area (Å²) in [6.07, 6.45) is 1.41. The van der Waals surface area contributed by atoms with Crippen molar-refractivity contribution >= 4 is 62.1 Å². The first kappa shape index (κ1) is 30.4. The van der Waals surface area contributed by atoms with Crippen LogP contribution >= 0.6 is 39.3 Å². The van der Waals surface area contributed by atoms with Gasteiger partial charge < -0.3 is 14.5 Å². The van der Waals surface area contributed by atoms with E-state index in [-0.39, 0.29) is 16.8 Å². The molecular formula is C23H34BrClFN5O2S. The van der Waals surface area contributed by atoms with Crippen LogP contribution in [-0.4, -0.2) is 63.5 Å². The first-order chi connectivity index (χ1) is 16.0. The molecule has 34 heavy (non-hydrogen) atoms. The zero-order valence-corrected chi connectivity index (χ0v) is 24.1. The van der Waals surface area contributed by atoms with Crippen molar-refractivity contribution in [2.24, 2.45) is 0 Å². The van der Waals surface area contributed by atoms with Gasteiger partial charge in [-0.15, -0.1) is 6.58 Å². The molecule has 0 aliphatic carbocycles. The van der Waals surface area contributed by atoms with Crippen LogP contribution < -0.4 is 4.90 Å². The van der Waals surface area contributed by atoms with E-state index in [1.54, 1.807) is 11.0 Å². The van der Waals surface area contributed by atoms with Crippen LogP contribution in [0, 0.1) is 5.82 Å². The van der Waals surface area contributed by atoms with Crippen molar-refractivity contribution in [2.75, 3.05) is 36.8 Å². The van der Waals surface area contributed by atoms with E-state index in [1.807, 2.05) is 53.4 Å². The molecule has 1 aliphatic rings. The van der Waals surface area contributed by atoms with Gasteiger partial charge in [-0.3, -0.25) is 0 Å². The quantitative estimate of drug-likeness (QED) is 0.169. The number of hydrogen-bond donors (Lipinski definition) is 0. The molecule has 0 atom stereocenters. The second kappa shape index (κ2) is 14.0. The number of piperazine rings is 1. The van der Waals surface area contributed by atoms with E-state index in [4.69, 9.17) is 16.3 Å². The predicted octanol–water partition coefficient (Wildman–Crippen LogP) is 6.97. The molecule has 1 amide bonds. The third-order valence-corrected chi connectivity index (χ3v) is 5.72.